The van der Waals surface area contributed by atoms with Crippen molar-refractivity contribution in [3.63, 3.8) is 0 Å². The molecule has 1 saturated heterocycles. The maximum Gasteiger partial charge on any atom is 0.414 e. The van der Waals surface area contributed by atoms with Crippen molar-refractivity contribution in [2.75, 3.05) is 0 Å². The van der Waals surface area contributed by atoms with Crippen molar-refractivity contribution < 1.29 is 14.7 Å². The van der Waals surface area contributed by atoms with Crippen molar-refractivity contribution in [1.29, 1.82) is 0 Å². The van der Waals surface area contributed by atoms with Crippen LogP contribution in [0.4, 0.5) is 4.79 Å². The molecule has 4 nitrogen and oxygen atoms in total. The summed E-state index contributed by atoms with van der Waals surface area (Å²) in [5.74, 6) is -0.570. The summed E-state index contributed by atoms with van der Waals surface area (Å²) in [4.78, 5) is 24.3. The fraction of sp³-hybridized carbons (Fsp3) is 0.222. The molecule has 0 saturated carbocycles. The lowest BCUT2D eigenvalue weighted by molar-refractivity contribution is -0.129. The Labute approximate surface area is 129 Å². The predicted octanol–water partition coefficient (Wildman–Crippen LogP) is 3.94. The summed E-state index contributed by atoms with van der Waals surface area (Å²) in [7, 11) is 0. The number of imide groups is 1. The van der Waals surface area contributed by atoms with Gasteiger partial charge < -0.3 is 5.11 Å². The third-order valence-electron chi connectivity index (χ3n) is 4.16. The number of carbonyl (C=O) groups is 2. The van der Waals surface area contributed by atoms with Gasteiger partial charge in [-0.05, 0) is 23.1 Å². The van der Waals surface area contributed by atoms with Gasteiger partial charge in [-0.15, -0.1) is 0 Å². The lowest BCUT2D eigenvalue weighted by Gasteiger charge is -2.20. The third-order valence-corrected chi connectivity index (χ3v) is 4.16. The first-order chi connectivity index (χ1) is 10.6. The molecule has 0 aromatic heterocycles. The summed E-state index contributed by atoms with van der Waals surface area (Å²) >= 11 is 0. The fourth-order valence-corrected chi connectivity index (χ4v) is 2.97. The van der Waals surface area contributed by atoms with E-state index in [2.05, 4.69) is 0 Å². The van der Waals surface area contributed by atoms with Crippen molar-refractivity contribution in [1.82, 2.24) is 4.90 Å². The van der Waals surface area contributed by atoms with E-state index in [1.165, 1.54) is 0 Å². The molecule has 0 spiro atoms. The van der Waals surface area contributed by atoms with Gasteiger partial charge in [0, 0.05) is 5.92 Å². The zero-order valence-corrected chi connectivity index (χ0v) is 12.3. The molecule has 2 aromatic carbocycles. The Hall–Kier alpha value is -2.62. The second kappa shape index (κ2) is 5.64. The minimum atomic E-state index is -1.17. The van der Waals surface area contributed by atoms with E-state index in [1.807, 2.05) is 54.6 Å². The first kappa shape index (κ1) is 14.3. The van der Waals surface area contributed by atoms with Crippen LogP contribution in [0.1, 0.15) is 24.9 Å². The Morgan fingerprint density at radius 2 is 1.64 bits per heavy atom. The van der Waals surface area contributed by atoms with Gasteiger partial charge in [0.15, 0.2) is 0 Å². The Bertz CT molecular complexity index is 694. The summed E-state index contributed by atoms with van der Waals surface area (Å²) in [6.07, 6.45) is -0.637. The molecule has 4 heteroatoms. The first-order valence-corrected chi connectivity index (χ1v) is 7.29. The van der Waals surface area contributed by atoms with Crippen LogP contribution < -0.4 is 0 Å². The van der Waals surface area contributed by atoms with Crippen molar-refractivity contribution in [3.8, 4) is 11.1 Å². The van der Waals surface area contributed by atoms with Crippen LogP contribution in [0, 0.1) is 5.92 Å². The zero-order chi connectivity index (χ0) is 15.7. The molecule has 1 unspecified atom stereocenters. The van der Waals surface area contributed by atoms with E-state index in [0.717, 1.165) is 21.6 Å². The highest BCUT2D eigenvalue weighted by atomic mass is 16.4. The minimum absolute atomic E-state index is 0.255. The van der Waals surface area contributed by atoms with E-state index in [9.17, 15) is 14.7 Å². The van der Waals surface area contributed by atoms with Gasteiger partial charge in [-0.25, -0.2) is 9.69 Å². The molecule has 2 aromatic rings. The van der Waals surface area contributed by atoms with Crippen LogP contribution in [0.5, 0.6) is 0 Å². The van der Waals surface area contributed by atoms with Gasteiger partial charge in [-0.1, -0.05) is 61.5 Å². The molecule has 2 amide bonds. The van der Waals surface area contributed by atoms with Gasteiger partial charge in [0.05, 0.1) is 6.04 Å². The second-order valence-electron chi connectivity index (χ2n) is 5.63. The third kappa shape index (κ3) is 2.48. The molecule has 0 radical (unpaired) electrons. The highest BCUT2D eigenvalue weighted by molar-refractivity contribution is 5.94. The Kier molecular flexibility index (Phi) is 3.67. The highest BCUT2D eigenvalue weighted by Crippen LogP contribution is 2.36. The summed E-state index contributed by atoms with van der Waals surface area (Å²) in [6.45, 7) is 1.77. The quantitative estimate of drug-likeness (QED) is 0.913. The van der Waals surface area contributed by atoms with E-state index in [4.69, 9.17) is 0 Å². The number of nitrogens with zero attached hydrogens (tertiary/aromatic N) is 1. The SMILES string of the molecule is C[C@H]1CC(c2ccc(-c3ccccc3)cc2)N(C(=O)O)C1=O. The van der Waals surface area contributed by atoms with E-state index in [0.29, 0.717) is 6.42 Å². The number of hydrogen-bond donors (Lipinski definition) is 1. The van der Waals surface area contributed by atoms with Gasteiger partial charge in [0.2, 0.25) is 5.91 Å². The van der Waals surface area contributed by atoms with Crippen molar-refractivity contribution in [2.45, 2.75) is 19.4 Å². The van der Waals surface area contributed by atoms with Crippen LogP contribution in [0.3, 0.4) is 0 Å². The normalized spacial score (nSPS) is 21.1. The first-order valence-electron chi connectivity index (χ1n) is 7.29. The fourth-order valence-electron chi connectivity index (χ4n) is 2.97. The number of carboxylic acid groups (broad SMARTS) is 1. The van der Waals surface area contributed by atoms with Crippen LogP contribution in [0.25, 0.3) is 11.1 Å². The van der Waals surface area contributed by atoms with Crippen LogP contribution in [-0.4, -0.2) is 22.0 Å². The molecule has 1 fully saturated rings. The van der Waals surface area contributed by atoms with E-state index in [-0.39, 0.29) is 17.9 Å². The van der Waals surface area contributed by atoms with E-state index >= 15 is 0 Å². The highest BCUT2D eigenvalue weighted by Gasteiger charge is 2.41. The summed E-state index contributed by atoms with van der Waals surface area (Å²) < 4.78 is 0. The summed E-state index contributed by atoms with van der Waals surface area (Å²) in [6, 6.07) is 17.4. The molecule has 2 atom stereocenters. The van der Waals surface area contributed by atoms with Crippen LogP contribution in [0.2, 0.25) is 0 Å². The number of likely N-dealkylation sites (tertiary alicyclic amines) is 1. The summed E-state index contributed by atoms with van der Waals surface area (Å²) in [5, 5.41) is 9.27. The lowest BCUT2D eigenvalue weighted by Crippen LogP contribution is -2.33. The molecule has 3 rings (SSSR count). The van der Waals surface area contributed by atoms with Crippen molar-refractivity contribution in [2.24, 2.45) is 5.92 Å². The van der Waals surface area contributed by atoms with Crippen LogP contribution in [0.15, 0.2) is 54.6 Å². The lowest BCUT2D eigenvalue weighted by atomic mass is 9.98. The molecule has 112 valence electrons. The zero-order valence-electron chi connectivity index (χ0n) is 12.3. The molecule has 1 aliphatic heterocycles. The van der Waals surface area contributed by atoms with Crippen molar-refractivity contribution >= 4 is 12.0 Å². The van der Waals surface area contributed by atoms with Gasteiger partial charge in [-0.3, -0.25) is 4.79 Å². The Morgan fingerprint density at radius 3 is 2.23 bits per heavy atom. The molecule has 0 bridgehead atoms. The van der Waals surface area contributed by atoms with Crippen molar-refractivity contribution in [3.05, 3.63) is 60.2 Å². The van der Waals surface area contributed by atoms with E-state index < -0.39 is 6.09 Å². The molecule has 1 heterocycles. The molecule has 22 heavy (non-hydrogen) atoms. The minimum Gasteiger partial charge on any atom is -0.465 e. The number of carbonyl (C=O) groups excluding carboxylic acids is 1. The van der Waals surface area contributed by atoms with Gasteiger partial charge in [0.1, 0.15) is 0 Å². The topological polar surface area (TPSA) is 57.6 Å². The predicted molar refractivity (Wildman–Crippen MR) is 83.3 cm³/mol. The van der Waals surface area contributed by atoms with Gasteiger partial charge >= 0.3 is 6.09 Å². The van der Waals surface area contributed by atoms with Crippen LogP contribution in [-0.2, 0) is 4.79 Å². The average Bonchev–Trinajstić information content (AvgIpc) is 2.84. The number of rotatable bonds is 2. The molecule has 1 aliphatic rings. The summed E-state index contributed by atoms with van der Waals surface area (Å²) in [5.41, 5.74) is 3.04. The van der Waals surface area contributed by atoms with Gasteiger partial charge in [0.25, 0.3) is 0 Å². The average molecular weight is 295 g/mol. The number of hydrogen-bond acceptors (Lipinski definition) is 2. The van der Waals surface area contributed by atoms with E-state index in [1.54, 1.807) is 6.92 Å². The molecular weight excluding hydrogens is 278 g/mol. The second-order valence-corrected chi connectivity index (χ2v) is 5.63. The van der Waals surface area contributed by atoms with Crippen LogP contribution >= 0.6 is 0 Å². The maximum absolute atomic E-state index is 12.0. The molecule has 0 aliphatic carbocycles. The number of benzene rings is 2. The largest absolute Gasteiger partial charge is 0.465 e. The smallest absolute Gasteiger partial charge is 0.414 e. The Balaban J connectivity index is 1.90. The maximum atomic E-state index is 12.0. The Morgan fingerprint density at radius 1 is 1.05 bits per heavy atom. The molecule has 1 N–H and O–H groups in total. The monoisotopic (exact) mass is 295 g/mol. The number of amides is 2. The molecular formula is C18H17NO3. The standard InChI is InChI=1S/C18H17NO3/c1-12-11-16(19(17(12)20)18(21)22)15-9-7-14(8-10-15)13-5-3-2-4-6-13/h2-10,12,16H,11H2,1H3,(H,21,22)/t12-,16?/m0/s1. The van der Waals surface area contributed by atoms with Gasteiger partial charge in [-0.2, -0.15) is 0 Å².